The summed E-state index contributed by atoms with van der Waals surface area (Å²) in [6, 6.07) is 17.8. The number of imide groups is 1. The number of thioether (sulfide) groups is 1. The van der Waals surface area contributed by atoms with Crippen LogP contribution < -0.4 is 4.74 Å². The lowest BCUT2D eigenvalue weighted by Crippen LogP contribution is -2.34. The molecule has 0 spiro atoms. The summed E-state index contributed by atoms with van der Waals surface area (Å²) < 4.78 is 13.9. The van der Waals surface area contributed by atoms with Crippen LogP contribution in [0.1, 0.15) is 29.4 Å². The molecule has 1 aliphatic heterocycles. The quantitative estimate of drug-likeness (QED) is 0.243. The summed E-state index contributed by atoms with van der Waals surface area (Å²) in [7, 11) is 0. The first-order valence-electron chi connectivity index (χ1n) is 11.3. The predicted molar refractivity (Wildman–Crippen MR) is 143 cm³/mol. The van der Waals surface area contributed by atoms with E-state index in [9.17, 15) is 14.4 Å². The molecule has 1 saturated heterocycles. The van der Waals surface area contributed by atoms with E-state index in [1.807, 2.05) is 68.4 Å². The number of carbonyl (C=O) groups excluding carboxylic acids is 3. The molecule has 4 rings (SSSR count). The average Bonchev–Trinajstić information content (AvgIpc) is 3.28. The molecule has 186 valence electrons. The maximum Gasteiger partial charge on any atom is 0.326 e. The number of hydrogen-bond acceptors (Lipinski definition) is 6. The third-order valence-corrected chi connectivity index (χ3v) is 7.07. The van der Waals surface area contributed by atoms with Gasteiger partial charge in [0.25, 0.3) is 11.1 Å². The number of amides is 2. The topological polar surface area (TPSA) is 77.8 Å². The third kappa shape index (κ3) is 5.74. The van der Waals surface area contributed by atoms with E-state index in [1.165, 1.54) is 0 Å². The number of aromatic nitrogens is 1. The van der Waals surface area contributed by atoms with E-state index in [0.29, 0.717) is 6.61 Å². The Balaban J connectivity index is 1.49. The second-order valence-corrected chi connectivity index (χ2v) is 10.1. The third-order valence-electron chi connectivity index (χ3n) is 5.64. The molecule has 1 aliphatic rings. The summed E-state index contributed by atoms with van der Waals surface area (Å²) in [5, 5.41) is -0.480. The summed E-state index contributed by atoms with van der Waals surface area (Å²) in [4.78, 5) is 38.0. The highest BCUT2D eigenvalue weighted by molar-refractivity contribution is 9.10. The Bertz CT molecular complexity index is 1330. The maximum absolute atomic E-state index is 12.7. The number of ether oxygens (including phenoxy) is 2. The molecule has 0 atom stereocenters. The van der Waals surface area contributed by atoms with Gasteiger partial charge < -0.3 is 14.0 Å². The smallest absolute Gasteiger partial charge is 0.326 e. The molecule has 1 fully saturated rings. The van der Waals surface area contributed by atoms with Crippen LogP contribution in [0.25, 0.3) is 11.8 Å². The van der Waals surface area contributed by atoms with Gasteiger partial charge in [-0.15, -0.1) is 0 Å². The molecule has 0 unspecified atom stereocenters. The molecular weight excluding hydrogens is 544 g/mol. The molecule has 9 heteroatoms. The number of halogens is 1. The van der Waals surface area contributed by atoms with Crippen molar-refractivity contribution in [2.45, 2.75) is 27.4 Å². The number of benzene rings is 2. The second-order valence-electron chi connectivity index (χ2n) is 8.14. The van der Waals surface area contributed by atoms with Crippen molar-refractivity contribution in [3.05, 3.63) is 86.5 Å². The van der Waals surface area contributed by atoms with E-state index in [0.717, 1.165) is 55.1 Å². The fraction of sp³-hybridized carbons (Fsp3) is 0.222. The van der Waals surface area contributed by atoms with Crippen LogP contribution in [0.5, 0.6) is 5.75 Å². The molecule has 36 heavy (non-hydrogen) atoms. The Morgan fingerprint density at radius 1 is 1.06 bits per heavy atom. The summed E-state index contributed by atoms with van der Waals surface area (Å²) in [6.07, 6.45) is 1.70. The lowest BCUT2D eigenvalue weighted by Gasteiger charge is -2.12. The van der Waals surface area contributed by atoms with Crippen LogP contribution in [0.15, 0.2) is 64.0 Å². The van der Waals surface area contributed by atoms with E-state index in [1.54, 1.807) is 13.0 Å². The number of hydrogen-bond donors (Lipinski definition) is 0. The Kier molecular flexibility index (Phi) is 8.01. The van der Waals surface area contributed by atoms with Crippen molar-refractivity contribution in [2.75, 3.05) is 13.2 Å². The molecule has 2 amide bonds. The van der Waals surface area contributed by atoms with E-state index in [4.69, 9.17) is 9.47 Å². The Hall–Kier alpha value is -3.30. The number of carbonyl (C=O) groups is 3. The Morgan fingerprint density at radius 3 is 2.42 bits per heavy atom. The van der Waals surface area contributed by atoms with Crippen LogP contribution >= 0.6 is 27.7 Å². The van der Waals surface area contributed by atoms with Gasteiger partial charge in [-0.05, 0) is 92.2 Å². The van der Waals surface area contributed by atoms with Crippen LogP contribution in [0.2, 0.25) is 0 Å². The molecule has 1 aromatic heterocycles. The minimum absolute atomic E-state index is 0.190. The van der Waals surface area contributed by atoms with Gasteiger partial charge in [0.05, 0.1) is 11.5 Å². The van der Waals surface area contributed by atoms with Crippen molar-refractivity contribution in [1.82, 2.24) is 9.47 Å². The van der Waals surface area contributed by atoms with E-state index in [-0.39, 0.29) is 18.1 Å². The number of nitrogens with zero attached hydrogens (tertiary/aromatic N) is 2. The van der Waals surface area contributed by atoms with Crippen LogP contribution in [0.3, 0.4) is 0 Å². The summed E-state index contributed by atoms with van der Waals surface area (Å²) in [5.74, 6) is -0.335. The minimum atomic E-state index is -0.608. The average molecular weight is 569 g/mol. The first kappa shape index (κ1) is 25.8. The fourth-order valence-corrected chi connectivity index (χ4v) is 4.98. The number of esters is 1. The van der Waals surface area contributed by atoms with E-state index in [2.05, 4.69) is 20.5 Å². The zero-order chi connectivity index (χ0) is 25.8. The molecule has 2 heterocycles. The van der Waals surface area contributed by atoms with Gasteiger partial charge in [0.15, 0.2) is 0 Å². The van der Waals surface area contributed by atoms with Crippen molar-refractivity contribution >= 4 is 50.9 Å². The van der Waals surface area contributed by atoms with Crippen LogP contribution in [-0.2, 0) is 20.9 Å². The zero-order valence-corrected chi connectivity index (χ0v) is 22.5. The maximum atomic E-state index is 12.7. The monoisotopic (exact) mass is 568 g/mol. The van der Waals surface area contributed by atoms with Crippen molar-refractivity contribution in [2.24, 2.45) is 0 Å². The van der Waals surface area contributed by atoms with Gasteiger partial charge in [0.2, 0.25) is 0 Å². The molecule has 0 saturated carbocycles. The van der Waals surface area contributed by atoms with Crippen LogP contribution in [0, 0.1) is 13.8 Å². The van der Waals surface area contributed by atoms with Gasteiger partial charge in [-0.25, -0.2) is 0 Å². The first-order valence-corrected chi connectivity index (χ1v) is 13.0. The van der Waals surface area contributed by atoms with Gasteiger partial charge in [-0.1, -0.05) is 28.1 Å². The van der Waals surface area contributed by atoms with Gasteiger partial charge >= 0.3 is 5.97 Å². The summed E-state index contributed by atoms with van der Waals surface area (Å²) in [5.41, 5.74) is 4.76. The van der Waals surface area contributed by atoms with Crippen molar-refractivity contribution in [3.63, 3.8) is 0 Å². The second kappa shape index (κ2) is 11.2. The zero-order valence-electron chi connectivity index (χ0n) is 20.1. The molecule has 0 bridgehead atoms. The number of rotatable bonds is 8. The van der Waals surface area contributed by atoms with Crippen molar-refractivity contribution in [3.8, 4) is 11.4 Å². The van der Waals surface area contributed by atoms with Crippen LogP contribution in [0.4, 0.5) is 4.79 Å². The van der Waals surface area contributed by atoms with E-state index >= 15 is 0 Å². The molecular formula is C27H25BrN2O5S. The highest BCUT2D eigenvalue weighted by Gasteiger charge is 2.36. The van der Waals surface area contributed by atoms with Crippen molar-refractivity contribution in [1.29, 1.82) is 0 Å². The standard InChI is InChI=1S/C27H25BrN2O5S/c1-4-34-25(31)15-29-26(32)24(36-27(29)33)14-20-13-17(2)30(18(20)3)22-9-11-23(12-10-22)35-16-19-5-7-21(28)8-6-19/h5-14H,4,15-16H2,1-3H3/b24-14+. The summed E-state index contributed by atoms with van der Waals surface area (Å²) >= 11 is 4.26. The van der Waals surface area contributed by atoms with Crippen molar-refractivity contribution < 1.29 is 23.9 Å². The fourth-order valence-electron chi connectivity index (χ4n) is 3.88. The lowest BCUT2D eigenvalue weighted by molar-refractivity contribution is -0.145. The highest BCUT2D eigenvalue weighted by Crippen LogP contribution is 2.34. The Labute approximate surface area is 222 Å². The van der Waals surface area contributed by atoms with E-state index < -0.39 is 17.1 Å². The first-order chi connectivity index (χ1) is 17.3. The SMILES string of the molecule is CCOC(=O)CN1C(=O)S/C(=C/c2cc(C)n(-c3ccc(OCc4ccc(Br)cc4)cc3)c2C)C1=O. The molecule has 3 aromatic rings. The molecule has 0 N–H and O–H groups in total. The summed E-state index contributed by atoms with van der Waals surface area (Å²) in [6.45, 7) is 5.89. The van der Waals surface area contributed by atoms with Gasteiger partial charge in [0.1, 0.15) is 18.9 Å². The number of aryl methyl sites for hydroxylation is 1. The molecule has 7 nitrogen and oxygen atoms in total. The Morgan fingerprint density at radius 2 is 1.75 bits per heavy atom. The van der Waals surface area contributed by atoms with Gasteiger partial charge in [-0.3, -0.25) is 19.3 Å². The largest absolute Gasteiger partial charge is 0.489 e. The molecule has 0 aliphatic carbocycles. The van der Waals surface area contributed by atoms with Crippen LogP contribution in [-0.4, -0.2) is 39.7 Å². The highest BCUT2D eigenvalue weighted by atomic mass is 79.9. The predicted octanol–water partition coefficient (Wildman–Crippen LogP) is 6.04. The molecule has 0 radical (unpaired) electrons. The van der Waals surface area contributed by atoms with Gasteiger partial charge in [-0.2, -0.15) is 0 Å². The minimum Gasteiger partial charge on any atom is -0.489 e. The normalized spacial score (nSPS) is 14.6. The van der Waals surface area contributed by atoms with Gasteiger partial charge in [0, 0.05) is 21.5 Å². The lowest BCUT2D eigenvalue weighted by atomic mass is 10.2. The molecule has 2 aromatic carbocycles.